The number of nitrogens with zero attached hydrogens (tertiary/aromatic N) is 1. The largest absolute Gasteiger partial charge is 0.463 e. The average Bonchev–Trinajstić information content (AvgIpc) is 2.96. The summed E-state index contributed by atoms with van der Waals surface area (Å²) < 4.78 is 5.58. The minimum Gasteiger partial charge on any atom is -0.463 e. The molecule has 4 fully saturated rings. The number of esters is 1. The molecule has 4 saturated carbocycles. The smallest absolute Gasteiger partial charge is 0.302 e. The lowest BCUT2D eigenvalue weighted by atomic mass is 9.45. The fourth-order valence-corrected chi connectivity index (χ4v) is 7.68. The van der Waals surface area contributed by atoms with E-state index >= 15 is 0 Å². The molecular formula is C23H36N2O3. The number of amides is 1. The highest BCUT2D eigenvalue weighted by molar-refractivity contribution is 5.93. The van der Waals surface area contributed by atoms with Gasteiger partial charge in [0.25, 0.3) is 0 Å². The van der Waals surface area contributed by atoms with Crippen LogP contribution in [-0.4, -0.2) is 23.7 Å². The molecule has 1 N–H and O–H groups in total. The molecule has 0 aromatic carbocycles. The molecule has 0 aliphatic heterocycles. The van der Waals surface area contributed by atoms with Crippen LogP contribution in [0.1, 0.15) is 85.5 Å². The summed E-state index contributed by atoms with van der Waals surface area (Å²) in [4.78, 5) is 22.7. The highest BCUT2D eigenvalue weighted by Crippen LogP contribution is 2.65. The van der Waals surface area contributed by atoms with E-state index in [1.165, 1.54) is 58.1 Å². The predicted octanol–water partition coefficient (Wildman–Crippen LogP) is 4.45. The van der Waals surface area contributed by atoms with Gasteiger partial charge < -0.3 is 4.74 Å². The van der Waals surface area contributed by atoms with Gasteiger partial charge in [-0.2, -0.15) is 5.10 Å². The van der Waals surface area contributed by atoms with E-state index in [9.17, 15) is 9.59 Å². The molecule has 4 aliphatic carbocycles. The predicted molar refractivity (Wildman–Crippen MR) is 109 cm³/mol. The maximum Gasteiger partial charge on any atom is 0.302 e. The van der Waals surface area contributed by atoms with Gasteiger partial charge in [0.1, 0.15) is 6.10 Å². The lowest BCUT2D eigenvalue weighted by Gasteiger charge is -2.60. The summed E-state index contributed by atoms with van der Waals surface area (Å²) in [5.74, 6) is 2.73. The van der Waals surface area contributed by atoms with E-state index in [0.29, 0.717) is 17.3 Å². The lowest BCUT2D eigenvalue weighted by Crippen LogP contribution is -2.54. The van der Waals surface area contributed by atoms with E-state index in [1.54, 1.807) is 0 Å². The van der Waals surface area contributed by atoms with Crippen molar-refractivity contribution in [3.05, 3.63) is 0 Å². The Kier molecular flexibility index (Phi) is 5.08. The second-order valence-electron chi connectivity index (χ2n) is 10.4. The average molecular weight is 389 g/mol. The molecule has 0 heterocycles. The molecule has 4 rings (SSSR count). The van der Waals surface area contributed by atoms with Crippen molar-refractivity contribution in [2.45, 2.75) is 91.6 Å². The Morgan fingerprint density at radius 3 is 2.54 bits per heavy atom. The maximum atomic E-state index is 11.4. The summed E-state index contributed by atoms with van der Waals surface area (Å²) in [5.41, 5.74) is 4.46. The van der Waals surface area contributed by atoms with Crippen LogP contribution in [-0.2, 0) is 14.3 Å². The highest BCUT2D eigenvalue weighted by atomic mass is 16.5. The van der Waals surface area contributed by atoms with Crippen molar-refractivity contribution in [3.8, 4) is 0 Å². The standard InChI is InChI=1S/C23H36N2O3/c1-14(26)24-25-21-8-7-19-18-6-5-16-13-17(28-15(2)27)9-11-22(16,3)20(18)10-12-23(19,21)4/h16-20H,5-13H2,1-4H3,(H,24,26)/b25-21-/t16-,17-,18+,19-,20+,22-,23-/m0/s1. The normalized spacial score (nSPS) is 46.3. The summed E-state index contributed by atoms with van der Waals surface area (Å²) in [5, 5.41) is 4.52. The first kappa shape index (κ1) is 19.9. The van der Waals surface area contributed by atoms with Crippen LogP contribution in [0.3, 0.4) is 0 Å². The van der Waals surface area contributed by atoms with Gasteiger partial charge in [-0.15, -0.1) is 0 Å². The van der Waals surface area contributed by atoms with Gasteiger partial charge in [-0.1, -0.05) is 13.8 Å². The van der Waals surface area contributed by atoms with Crippen molar-refractivity contribution in [3.63, 3.8) is 0 Å². The fraction of sp³-hybridized carbons (Fsp3) is 0.870. The van der Waals surface area contributed by atoms with Gasteiger partial charge >= 0.3 is 5.97 Å². The van der Waals surface area contributed by atoms with Crippen molar-refractivity contribution in [2.75, 3.05) is 0 Å². The van der Waals surface area contributed by atoms with Gasteiger partial charge in [0, 0.05) is 25.0 Å². The maximum absolute atomic E-state index is 11.4. The minimum atomic E-state index is -0.132. The van der Waals surface area contributed by atoms with Crippen molar-refractivity contribution in [1.29, 1.82) is 0 Å². The molecule has 7 atom stereocenters. The third kappa shape index (κ3) is 3.19. The van der Waals surface area contributed by atoms with E-state index in [4.69, 9.17) is 4.74 Å². The number of carbonyl (C=O) groups is 2. The number of hydrazone groups is 1. The van der Waals surface area contributed by atoms with Gasteiger partial charge in [0.15, 0.2) is 0 Å². The van der Waals surface area contributed by atoms with Gasteiger partial charge in [0.2, 0.25) is 5.91 Å². The van der Waals surface area contributed by atoms with Crippen molar-refractivity contribution >= 4 is 17.6 Å². The fourth-order valence-electron chi connectivity index (χ4n) is 7.68. The van der Waals surface area contributed by atoms with E-state index in [2.05, 4.69) is 24.4 Å². The van der Waals surface area contributed by atoms with E-state index < -0.39 is 0 Å². The van der Waals surface area contributed by atoms with Crippen LogP contribution in [0.5, 0.6) is 0 Å². The van der Waals surface area contributed by atoms with Crippen molar-refractivity contribution < 1.29 is 14.3 Å². The lowest BCUT2D eigenvalue weighted by molar-refractivity contribution is -0.158. The molecule has 0 aromatic rings. The highest BCUT2D eigenvalue weighted by Gasteiger charge is 2.59. The monoisotopic (exact) mass is 388 g/mol. The van der Waals surface area contributed by atoms with E-state index in [1.807, 2.05) is 0 Å². The summed E-state index contributed by atoms with van der Waals surface area (Å²) in [7, 11) is 0. The summed E-state index contributed by atoms with van der Waals surface area (Å²) >= 11 is 0. The molecule has 28 heavy (non-hydrogen) atoms. The van der Waals surface area contributed by atoms with Crippen LogP contribution in [0.2, 0.25) is 0 Å². The van der Waals surface area contributed by atoms with Crippen LogP contribution < -0.4 is 5.43 Å². The van der Waals surface area contributed by atoms with E-state index in [0.717, 1.165) is 31.1 Å². The van der Waals surface area contributed by atoms with Crippen molar-refractivity contribution in [2.24, 2.45) is 39.6 Å². The Hall–Kier alpha value is -1.39. The molecule has 0 saturated heterocycles. The number of fused-ring (bicyclic) bond motifs is 5. The molecule has 5 nitrogen and oxygen atoms in total. The topological polar surface area (TPSA) is 67.8 Å². The molecular weight excluding hydrogens is 352 g/mol. The summed E-state index contributed by atoms with van der Waals surface area (Å²) in [6.07, 6.45) is 10.6. The number of carbonyl (C=O) groups excluding carboxylic acids is 2. The summed E-state index contributed by atoms with van der Waals surface area (Å²) in [6, 6.07) is 0. The zero-order chi connectivity index (χ0) is 20.1. The summed E-state index contributed by atoms with van der Waals surface area (Å²) in [6.45, 7) is 7.99. The van der Waals surface area contributed by atoms with Crippen molar-refractivity contribution in [1.82, 2.24) is 5.43 Å². The number of nitrogens with one attached hydrogen (secondary N) is 1. The first-order valence-electron chi connectivity index (χ1n) is 11.2. The third-order valence-electron chi connectivity index (χ3n) is 9.04. The number of ether oxygens (including phenoxy) is 1. The Balaban J connectivity index is 1.52. The van der Waals surface area contributed by atoms with Crippen LogP contribution >= 0.6 is 0 Å². The van der Waals surface area contributed by atoms with Gasteiger partial charge in [0.05, 0.1) is 0 Å². The Bertz CT molecular complexity index is 689. The van der Waals surface area contributed by atoms with Crippen LogP contribution in [0.4, 0.5) is 0 Å². The van der Waals surface area contributed by atoms with Crippen LogP contribution in [0.15, 0.2) is 5.10 Å². The van der Waals surface area contributed by atoms with Crippen LogP contribution in [0.25, 0.3) is 0 Å². The minimum absolute atomic E-state index is 0.0780. The molecule has 1 amide bonds. The van der Waals surface area contributed by atoms with Gasteiger partial charge in [-0.25, -0.2) is 5.43 Å². The number of hydrogen-bond donors (Lipinski definition) is 1. The zero-order valence-corrected chi connectivity index (χ0v) is 17.9. The van der Waals surface area contributed by atoms with Crippen LogP contribution in [0, 0.1) is 34.5 Å². The molecule has 5 heteroatoms. The Morgan fingerprint density at radius 2 is 1.82 bits per heavy atom. The van der Waals surface area contributed by atoms with E-state index in [-0.39, 0.29) is 23.4 Å². The van der Waals surface area contributed by atoms with Gasteiger partial charge in [-0.3, -0.25) is 9.59 Å². The molecule has 0 bridgehead atoms. The Morgan fingerprint density at radius 1 is 1.04 bits per heavy atom. The molecule has 0 spiro atoms. The number of hydrogen-bond acceptors (Lipinski definition) is 4. The molecule has 0 aromatic heterocycles. The zero-order valence-electron chi connectivity index (χ0n) is 17.9. The van der Waals surface area contributed by atoms with Gasteiger partial charge in [-0.05, 0) is 86.9 Å². The molecule has 156 valence electrons. The quantitative estimate of drug-likeness (QED) is 0.561. The second kappa shape index (κ2) is 7.14. The molecule has 4 aliphatic rings. The second-order valence-corrected chi connectivity index (χ2v) is 10.4. The first-order valence-corrected chi connectivity index (χ1v) is 11.2. The Labute approximate surface area is 169 Å². The SMILES string of the molecule is CC(=O)N/N=C1/CC[C@H]2[C@H]3CC[C@H]4C[C@@H](OC(C)=O)CC[C@]4(C)[C@@H]3CC[C@]12C. The third-order valence-corrected chi connectivity index (χ3v) is 9.04. The number of rotatable bonds is 2. The first-order chi connectivity index (χ1) is 13.2. The molecule has 0 radical (unpaired) electrons. The molecule has 0 unspecified atom stereocenters.